The molecule has 0 spiro atoms. The van der Waals surface area contributed by atoms with E-state index in [-0.39, 0.29) is 11.1 Å². The minimum Gasteiger partial charge on any atom is -0.316 e. The Kier molecular flexibility index (Phi) is 4.59. The van der Waals surface area contributed by atoms with Gasteiger partial charge in [-0.05, 0) is 25.8 Å². The molecule has 2 unspecified atom stereocenters. The van der Waals surface area contributed by atoms with E-state index in [1.807, 2.05) is 0 Å². The highest BCUT2D eigenvalue weighted by Gasteiger charge is 2.28. The number of rotatable bonds is 5. The van der Waals surface area contributed by atoms with Gasteiger partial charge in [-0.3, -0.25) is 5.10 Å². The summed E-state index contributed by atoms with van der Waals surface area (Å²) in [6, 6.07) is 0.0319. The Morgan fingerprint density at radius 1 is 1.42 bits per heavy atom. The topological polar surface area (TPSA) is 86.9 Å². The lowest BCUT2D eigenvalue weighted by Crippen LogP contribution is -2.41. The number of hydrogen-bond donors (Lipinski definition) is 3. The molecule has 108 valence electrons. The zero-order valence-electron chi connectivity index (χ0n) is 11.4. The molecular weight excluding hydrogens is 264 g/mol. The minimum absolute atomic E-state index is 0.0319. The third-order valence-electron chi connectivity index (χ3n) is 3.73. The summed E-state index contributed by atoms with van der Waals surface area (Å²) in [6.45, 7) is 2.58. The van der Waals surface area contributed by atoms with Crippen molar-refractivity contribution in [1.82, 2.24) is 20.2 Å². The van der Waals surface area contributed by atoms with Crippen molar-refractivity contribution in [1.29, 1.82) is 0 Å². The number of H-pyrrole nitrogens is 1. The minimum atomic E-state index is -3.51. The van der Waals surface area contributed by atoms with Gasteiger partial charge in [-0.15, -0.1) is 0 Å². The maximum Gasteiger partial charge on any atom is 0.258 e. The second kappa shape index (κ2) is 6.02. The van der Waals surface area contributed by atoms with Crippen LogP contribution in [0.4, 0.5) is 0 Å². The van der Waals surface area contributed by atoms with Crippen LogP contribution in [0.2, 0.25) is 0 Å². The third-order valence-corrected chi connectivity index (χ3v) is 5.24. The van der Waals surface area contributed by atoms with Crippen LogP contribution in [0.15, 0.2) is 11.2 Å². The molecule has 1 aliphatic rings. The zero-order valence-corrected chi connectivity index (χ0v) is 12.3. The molecule has 0 radical (unpaired) electrons. The quantitative estimate of drug-likeness (QED) is 0.753. The molecular formula is C12H22N4O2S. The van der Waals surface area contributed by atoms with Gasteiger partial charge in [0.25, 0.3) is 10.0 Å². The summed E-state index contributed by atoms with van der Waals surface area (Å²) in [7, 11) is -1.73. The first-order chi connectivity index (χ1) is 9.04. The summed E-state index contributed by atoms with van der Waals surface area (Å²) < 4.78 is 27.6. The van der Waals surface area contributed by atoms with Crippen LogP contribution in [0.3, 0.4) is 0 Å². The fourth-order valence-electron chi connectivity index (χ4n) is 2.60. The largest absolute Gasteiger partial charge is 0.316 e. The first-order valence-corrected chi connectivity index (χ1v) is 8.22. The smallest absolute Gasteiger partial charge is 0.258 e. The van der Waals surface area contributed by atoms with E-state index in [1.165, 1.54) is 6.42 Å². The van der Waals surface area contributed by atoms with E-state index in [0.29, 0.717) is 18.0 Å². The predicted octanol–water partition coefficient (Wildman–Crippen LogP) is 0.986. The Labute approximate surface area is 114 Å². The zero-order chi connectivity index (χ0) is 13.9. The lowest BCUT2D eigenvalue weighted by atomic mass is 9.87. The molecule has 1 aromatic heterocycles. The van der Waals surface area contributed by atoms with Crippen LogP contribution in [0.5, 0.6) is 0 Å². The van der Waals surface area contributed by atoms with Crippen LogP contribution in [0.25, 0.3) is 0 Å². The van der Waals surface area contributed by atoms with Crippen molar-refractivity contribution in [3.8, 4) is 0 Å². The molecule has 7 heteroatoms. The average molecular weight is 286 g/mol. The number of nitrogens with zero attached hydrogens (tertiary/aromatic N) is 1. The average Bonchev–Trinajstić information content (AvgIpc) is 2.81. The highest BCUT2D eigenvalue weighted by atomic mass is 32.2. The van der Waals surface area contributed by atoms with E-state index in [0.717, 1.165) is 19.3 Å². The van der Waals surface area contributed by atoms with Crippen LogP contribution in [-0.4, -0.2) is 31.7 Å². The second-order valence-corrected chi connectivity index (χ2v) is 6.90. The predicted molar refractivity (Wildman–Crippen MR) is 73.1 cm³/mol. The van der Waals surface area contributed by atoms with E-state index < -0.39 is 10.0 Å². The SMILES string of the molecule is CNCc1cn[nH]c1S(=O)(=O)NC1CCCCC1C. The van der Waals surface area contributed by atoms with Crippen molar-refractivity contribution in [2.45, 2.75) is 50.2 Å². The molecule has 1 fully saturated rings. The van der Waals surface area contributed by atoms with Crippen LogP contribution in [-0.2, 0) is 16.6 Å². The molecule has 0 saturated heterocycles. The molecule has 1 aliphatic carbocycles. The summed E-state index contributed by atoms with van der Waals surface area (Å²) in [6.07, 6.45) is 5.82. The van der Waals surface area contributed by atoms with E-state index in [1.54, 1.807) is 13.2 Å². The Balaban J connectivity index is 2.15. The van der Waals surface area contributed by atoms with Crippen molar-refractivity contribution in [3.05, 3.63) is 11.8 Å². The standard InChI is InChI=1S/C12H22N4O2S/c1-9-5-3-4-6-11(9)16-19(17,18)12-10(7-13-2)8-14-15-12/h8-9,11,13,16H,3-7H2,1-2H3,(H,14,15). The van der Waals surface area contributed by atoms with E-state index in [9.17, 15) is 8.42 Å². The maximum atomic E-state index is 12.4. The molecule has 0 aromatic carbocycles. The van der Waals surface area contributed by atoms with Crippen LogP contribution in [0, 0.1) is 5.92 Å². The summed E-state index contributed by atoms with van der Waals surface area (Å²) in [5.41, 5.74) is 0.665. The maximum absolute atomic E-state index is 12.4. The van der Waals surface area contributed by atoms with Crippen molar-refractivity contribution in [3.63, 3.8) is 0 Å². The van der Waals surface area contributed by atoms with Crippen molar-refractivity contribution in [2.75, 3.05) is 7.05 Å². The number of hydrogen-bond acceptors (Lipinski definition) is 4. The van der Waals surface area contributed by atoms with Gasteiger partial charge < -0.3 is 5.32 Å². The van der Waals surface area contributed by atoms with Gasteiger partial charge >= 0.3 is 0 Å². The third kappa shape index (κ3) is 3.34. The summed E-state index contributed by atoms with van der Waals surface area (Å²) >= 11 is 0. The monoisotopic (exact) mass is 286 g/mol. The summed E-state index contributed by atoms with van der Waals surface area (Å²) in [5.74, 6) is 0.388. The number of aromatic amines is 1. The lowest BCUT2D eigenvalue weighted by molar-refractivity contribution is 0.310. The van der Waals surface area contributed by atoms with Crippen LogP contribution < -0.4 is 10.0 Å². The molecule has 19 heavy (non-hydrogen) atoms. The fourth-order valence-corrected chi connectivity index (χ4v) is 4.11. The first-order valence-electron chi connectivity index (χ1n) is 6.74. The van der Waals surface area contributed by atoms with Gasteiger partial charge in [0.15, 0.2) is 5.03 Å². The van der Waals surface area contributed by atoms with Gasteiger partial charge in [-0.25, -0.2) is 13.1 Å². The van der Waals surface area contributed by atoms with Gasteiger partial charge in [0, 0.05) is 18.2 Å². The fraction of sp³-hybridized carbons (Fsp3) is 0.750. The van der Waals surface area contributed by atoms with E-state index in [4.69, 9.17) is 0 Å². The number of nitrogens with one attached hydrogen (secondary N) is 3. The van der Waals surface area contributed by atoms with Crippen LogP contribution >= 0.6 is 0 Å². The Morgan fingerprint density at radius 2 is 2.16 bits per heavy atom. The molecule has 6 nitrogen and oxygen atoms in total. The van der Waals surface area contributed by atoms with E-state index >= 15 is 0 Å². The van der Waals surface area contributed by atoms with Gasteiger partial charge in [-0.2, -0.15) is 5.10 Å². The molecule has 2 rings (SSSR count). The van der Waals surface area contributed by atoms with Crippen molar-refractivity contribution >= 4 is 10.0 Å². The highest BCUT2D eigenvalue weighted by molar-refractivity contribution is 7.89. The molecule has 1 heterocycles. The van der Waals surface area contributed by atoms with Gasteiger partial charge in [-0.1, -0.05) is 19.8 Å². The number of sulfonamides is 1. The van der Waals surface area contributed by atoms with Crippen LogP contribution in [0.1, 0.15) is 38.2 Å². The van der Waals surface area contributed by atoms with Gasteiger partial charge in [0.1, 0.15) is 0 Å². The summed E-state index contributed by atoms with van der Waals surface area (Å²) in [5, 5.41) is 9.55. The Hall–Kier alpha value is -0.920. The molecule has 2 atom stereocenters. The number of aromatic nitrogens is 2. The highest BCUT2D eigenvalue weighted by Crippen LogP contribution is 2.25. The molecule has 0 bridgehead atoms. The van der Waals surface area contributed by atoms with E-state index in [2.05, 4.69) is 27.2 Å². The molecule has 0 amide bonds. The summed E-state index contributed by atoms with van der Waals surface area (Å²) in [4.78, 5) is 0. The molecule has 1 aromatic rings. The second-order valence-electron chi connectivity index (χ2n) is 5.24. The molecule has 0 aliphatic heterocycles. The van der Waals surface area contributed by atoms with Crippen molar-refractivity contribution < 1.29 is 8.42 Å². The Bertz CT molecular complexity index is 512. The normalized spacial score (nSPS) is 24.5. The molecule has 3 N–H and O–H groups in total. The Morgan fingerprint density at radius 3 is 2.84 bits per heavy atom. The van der Waals surface area contributed by atoms with Crippen molar-refractivity contribution in [2.24, 2.45) is 5.92 Å². The van der Waals surface area contributed by atoms with Gasteiger partial charge in [0.2, 0.25) is 0 Å². The lowest BCUT2D eigenvalue weighted by Gasteiger charge is -2.29. The molecule has 1 saturated carbocycles. The van der Waals surface area contributed by atoms with Gasteiger partial charge in [0.05, 0.1) is 6.20 Å². The first kappa shape index (κ1) is 14.5.